The van der Waals surface area contributed by atoms with Crippen molar-refractivity contribution >= 4 is 16.3 Å². The summed E-state index contributed by atoms with van der Waals surface area (Å²) in [6.45, 7) is 3.24. The molecule has 0 radical (unpaired) electrons. The smallest absolute Gasteiger partial charge is 0.0237 e. The average molecular weight is 325 g/mol. The molecule has 3 aromatic carbocycles. The molecule has 0 unspecified atom stereocenters. The maximum atomic E-state index is 2.54. The molecule has 124 valence electrons. The zero-order valence-corrected chi connectivity index (χ0v) is 14.5. The molecule has 1 heterocycles. The Kier molecular flexibility index (Phi) is 3.68. The van der Waals surface area contributed by atoms with Gasteiger partial charge in [0.2, 0.25) is 0 Å². The number of nitrogens with zero attached hydrogens (tertiary/aromatic N) is 1. The summed E-state index contributed by atoms with van der Waals surface area (Å²) in [5, 5.41) is 3.00. The van der Waals surface area contributed by atoms with Crippen LogP contribution in [0.25, 0.3) is 16.3 Å². The topological polar surface area (TPSA) is 3.24 Å². The Morgan fingerprint density at radius 2 is 1.60 bits per heavy atom. The largest absolute Gasteiger partial charge is 0.295 e. The third-order valence-electron chi connectivity index (χ3n) is 5.77. The van der Waals surface area contributed by atoms with Crippen LogP contribution in [-0.4, -0.2) is 18.0 Å². The van der Waals surface area contributed by atoms with Crippen molar-refractivity contribution in [3.05, 3.63) is 89.0 Å². The second kappa shape index (κ2) is 6.16. The van der Waals surface area contributed by atoms with Crippen LogP contribution >= 0.6 is 0 Å². The van der Waals surface area contributed by atoms with Crippen LogP contribution in [0, 0.1) is 0 Å². The van der Waals surface area contributed by atoms with Crippen molar-refractivity contribution < 1.29 is 0 Å². The summed E-state index contributed by atoms with van der Waals surface area (Å²) >= 11 is 0. The Bertz CT molecular complexity index is 942. The van der Waals surface area contributed by atoms with E-state index in [1.165, 1.54) is 51.4 Å². The van der Waals surface area contributed by atoms with Crippen molar-refractivity contribution in [1.29, 1.82) is 0 Å². The zero-order valence-electron chi connectivity index (χ0n) is 14.5. The summed E-state index contributed by atoms with van der Waals surface area (Å²) in [4.78, 5) is 2.54. The third-order valence-corrected chi connectivity index (χ3v) is 5.77. The van der Waals surface area contributed by atoms with Crippen LogP contribution in [0.15, 0.2) is 66.7 Å². The lowest BCUT2D eigenvalue weighted by atomic mass is 9.92. The van der Waals surface area contributed by atoms with E-state index in [2.05, 4.69) is 71.6 Å². The highest BCUT2D eigenvalue weighted by Crippen LogP contribution is 2.36. The molecule has 0 spiro atoms. The predicted octanol–water partition coefficient (Wildman–Crippen LogP) is 5.23. The van der Waals surface area contributed by atoms with Crippen LogP contribution < -0.4 is 0 Å². The van der Waals surface area contributed by atoms with E-state index in [0.29, 0.717) is 0 Å². The molecule has 0 aromatic heterocycles. The lowest BCUT2D eigenvalue weighted by molar-refractivity contribution is 0.294. The first-order chi connectivity index (χ1) is 12.4. The quantitative estimate of drug-likeness (QED) is 0.637. The first-order valence-corrected chi connectivity index (χ1v) is 9.38. The molecule has 0 fully saturated rings. The van der Waals surface area contributed by atoms with Gasteiger partial charge in [0.25, 0.3) is 0 Å². The highest BCUT2D eigenvalue weighted by atomic mass is 15.1. The van der Waals surface area contributed by atoms with Gasteiger partial charge in [-0.25, -0.2) is 0 Å². The third kappa shape index (κ3) is 2.69. The second-order valence-corrected chi connectivity index (χ2v) is 7.31. The molecule has 5 rings (SSSR count). The minimum atomic E-state index is 1.05. The van der Waals surface area contributed by atoms with Gasteiger partial charge in [-0.3, -0.25) is 4.90 Å². The van der Waals surface area contributed by atoms with Crippen LogP contribution in [0.2, 0.25) is 0 Å². The van der Waals surface area contributed by atoms with E-state index >= 15 is 0 Å². The predicted molar refractivity (Wildman–Crippen MR) is 106 cm³/mol. The SMILES string of the molecule is C1=C(c2ccc3c4c(cccc24)CC3)CCN(Cc2ccccc2)C1. The van der Waals surface area contributed by atoms with Crippen molar-refractivity contribution in [3.63, 3.8) is 0 Å². The number of hydrogen-bond donors (Lipinski definition) is 0. The zero-order chi connectivity index (χ0) is 16.6. The highest BCUT2D eigenvalue weighted by molar-refractivity contribution is 5.99. The Labute approximate surface area is 149 Å². The Balaban J connectivity index is 1.43. The van der Waals surface area contributed by atoms with E-state index in [-0.39, 0.29) is 0 Å². The molecular weight excluding hydrogens is 302 g/mol. The summed E-state index contributed by atoms with van der Waals surface area (Å²) in [6, 6.07) is 22.4. The van der Waals surface area contributed by atoms with E-state index < -0.39 is 0 Å². The van der Waals surface area contributed by atoms with E-state index in [1.807, 2.05) is 0 Å². The minimum Gasteiger partial charge on any atom is -0.295 e. The molecule has 1 aliphatic heterocycles. The normalized spacial score (nSPS) is 17.0. The average Bonchev–Trinajstić information content (AvgIpc) is 3.09. The summed E-state index contributed by atoms with van der Waals surface area (Å²) < 4.78 is 0. The first-order valence-electron chi connectivity index (χ1n) is 9.38. The molecule has 0 saturated heterocycles. The van der Waals surface area contributed by atoms with Gasteiger partial charge in [0.05, 0.1) is 0 Å². The lowest BCUT2D eigenvalue weighted by Crippen LogP contribution is -2.28. The van der Waals surface area contributed by atoms with Crippen LogP contribution in [0.3, 0.4) is 0 Å². The summed E-state index contributed by atoms with van der Waals surface area (Å²) in [6.07, 6.45) is 6.01. The molecule has 0 saturated carbocycles. The molecule has 1 aliphatic carbocycles. The fraction of sp³-hybridized carbons (Fsp3) is 0.250. The van der Waals surface area contributed by atoms with Crippen molar-refractivity contribution in [1.82, 2.24) is 4.90 Å². The van der Waals surface area contributed by atoms with Gasteiger partial charge < -0.3 is 0 Å². The standard InChI is InChI=1S/C24H23N/c1-2-5-18(6-3-1)17-25-15-13-19(14-16-25)22-12-11-21-10-9-20-7-4-8-23(22)24(20)21/h1-8,11-13H,9-10,14-17H2. The molecule has 25 heavy (non-hydrogen) atoms. The van der Waals surface area contributed by atoms with E-state index in [9.17, 15) is 0 Å². The van der Waals surface area contributed by atoms with Crippen LogP contribution in [0.1, 0.15) is 28.7 Å². The Hall–Kier alpha value is -2.38. The minimum absolute atomic E-state index is 1.05. The van der Waals surface area contributed by atoms with Crippen LogP contribution in [0.5, 0.6) is 0 Å². The summed E-state index contributed by atoms with van der Waals surface area (Å²) in [7, 11) is 0. The molecule has 1 nitrogen and oxygen atoms in total. The molecule has 3 aromatic rings. The Morgan fingerprint density at radius 3 is 2.40 bits per heavy atom. The maximum absolute atomic E-state index is 2.54. The van der Waals surface area contributed by atoms with Gasteiger partial charge in [-0.1, -0.05) is 66.7 Å². The fourth-order valence-electron chi connectivity index (χ4n) is 4.47. The lowest BCUT2D eigenvalue weighted by Gasteiger charge is -2.27. The number of hydrogen-bond acceptors (Lipinski definition) is 1. The van der Waals surface area contributed by atoms with E-state index in [1.54, 1.807) is 0 Å². The van der Waals surface area contributed by atoms with Crippen molar-refractivity contribution in [2.24, 2.45) is 0 Å². The van der Waals surface area contributed by atoms with Crippen LogP contribution in [-0.2, 0) is 19.4 Å². The molecule has 0 amide bonds. The van der Waals surface area contributed by atoms with Gasteiger partial charge in [0.15, 0.2) is 0 Å². The maximum Gasteiger partial charge on any atom is 0.0237 e. The van der Waals surface area contributed by atoms with E-state index in [0.717, 1.165) is 26.1 Å². The summed E-state index contributed by atoms with van der Waals surface area (Å²) in [5.74, 6) is 0. The van der Waals surface area contributed by atoms with Gasteiger partial charge in [0, 0.05) is 19.6 Å². The van der Waals surface area contributed by atoms with Crippen LogP contribution in [0.4, 0.5) is 0 Å². The second-order valence-electron chi connectivity index (χ2n) is 7.31. The van der Waals surface area contributed by atoms with Gasteiger partial charge in [-0.2, -0.15) is 0 Å². The number of benzene rings is 3. The Morgan fingerprint density at radius 1 is 0.760 bits per heavy atom. The monoisotopic (exact) mass is 325 g/mol. The van der Waals surface area contributed by atoms with E-state index in [4.69, 9.17) is 0 Å². The van der Waals surface area contributed by atoms with Crippen molar-refractivity contribution in [2.45, 2.75) is 25.8 Å². The van der Waals surface area contributed by atoms with Gasteiger partial charge in [-0.15, -0.1) is 0 Å². The molecule has 0 bridgehead atoms. The number of aryl methyl sites for hydroxylation is 2. The molecule has 1 heteroatoms. The molecule has 0 N–H and O–H groups in total. The van der Waals surface area contributed by atoms with Crippen molar-refractivity contribution in [3.8, 4) is 0 Å². The molecule has 2 aliphatic rings. The van der Waals surface area contributed by atoms with Gasteiger partial charge in [0.1, 0.15) is 0 Å². The fourth-order valence-corrected chi connectivity index (χ4v) is 4.47. The highest BCUT2D eigenvalue weighted by Gasteiger charge is 2.19. The molecule has 0 atom stereocenters. The summed E-state index contributed by atoms with van der Waals surface area (Å²) in [5.41, 5.74) is 7.47. The van der Waals surface area contributed by atoms with Crippen molar-refractivity contribution in [2.75, 3.05) is 13.1 Å². The first kappa shape index (κ1) is 14.9. The molecular formula is C24H23N. The van der Waals surface area contributed by atoms with Gasteiger partial charge in [-0.05, 0) is 57.9 Å². The number of rotatable bonds is 3. The van der Waals surface area contributed by atoms with Gasteiger partial charge >= 0.3 is 0 Å².